The fraction of sp³-hybridized carbons (Fsp3) is 0.455. The van der Waals surface area contributed by atoms with E-state index in [0.29, 0.717) is 6.61 Å². The summed E-state index contributed by atoms with van der Waals surface area (Å²) in [5.74, 6) is 0.968. The number of hydrogen-bond donors (Lipinski definition) is 1. The van der Waals surface area contributed by atoms with Gasteiger partial charge in [0.2, 0.25) is 0 Å². The standard InChI is InChI=1S/C11H15NO2/c1-2-14-12-10-7-8-13-11-6-4-3-5-9(10)11/h3-6,10,12H,2,7-8H2,1H3. The summed E-state index contributed by atoms with van der Waals surface area (Å²) in [6.45, 7) is 3.40. The number of hydroxylamine groups is 1. The smallest absolute Gasteiger partial charge is 0.124 e. The molecule has 1 aromatic carbocycles. The molecular formula is C11H15NO2. The van der Waals surface area contributed by atoms with Gasteiger partial charge in [-0.05, 0) is 13.0 Å². The fourth-order valence-corrected chi connectivity index (χ4v) is 1.65. The Kier molecular flexibility index (Phi) is 3.01. The van der Waals surface area contributed by atoms with E-state index < -0.39 is 0 Å². The Hall–Kier alpha value is -1.06. The second kappa shape index (κ2) is 4.44. The number of ether oxygens (including phenoxy) is 1. The largest absolute Gasteiger partial charge is 0.493 e. The van der Waals surface area contributed by atoms with Gasteiger partial charge in [0, 0.05) is 12.0 Å². The summed E-state index contributed by atoms with van der Waals surface area (Å²) in [7, 11) is 0. The third-order valence-electron chi connectivity index (χ3n) is 2.33. The second-order valence-corrected chi connectivity index (χ2v) is 3.28. The molecule has 0 saturated carbocycles. The van der Waals surface area contributed by atoms with Crippen molar-refractivity contribution in [3.05, 3.63) is 29.8 Å². The fourth-order valence-electron chi connectivity index (χ4n) is 1.65. The number of para-hydroxylation sites is 1. The summed E-state index contributed by atoms with van der Waals surface area (Å²) in [5, 5.41) is 0. The van der Waals surface area contributed by atoms with Crippen molar-refractivity contribution in [2.45, 2.75) is 19.4 Å². The van der Waals surface area contributed by atoms with E-state index >= 15 is 0 Å². The summed E-state index contributed by atoms with van der Waals surface area (Å²) in [4.78, 5) is 5.22. The van der Waals surface area contributed by atoms with Crippen LogP contribution in [-0.4, -0.2) is 13.2 Å². The predicted molar refractivity (Wildman–Crippen MR) is 54.1 cm³/mol. The van der Waals surface area contributed by atoms with Gasteiger partial charge in [-0.2, -0.15) is 5.48 Å². The Bertz CT molecular complexity index is 301. The van der Waals surface area contributed by atoms with Crippen LogP contribution in [0.3, 0.4) is 0 Å². The summed E-state index contributed by atoms with van der Waals surface area (Å²) >= 11 is 0. The molecule has 14 heavy (non-hydrogen) atoms. The Morgan fingerprint density at radius 2 is 2.36 bits per heavy atom. The van der Waals surface area contributed by atoms with Crippen LogP contribution in [0, 0.1) is 0 Å². The highest BCUT2D eigenvalue weighted by atomic mass is 16.6. The van der Waals surface area contributed by atoms with Crippen molar-refractivity contribution in [2.24, 2.45) is 0 Å². The number of nitrogens with one attached hydrogen (secondary N) is 1. The minimum Gasteiger partial charge on any atom is -0.493 e. The molecule has 76 valence electrons. The zero-order valence-electron chi connectivity index (χ0n) is 8.32. The quantitative estimate of drug-likeness (QED) is 0.745. The lowest BCUT2D eigenvalue weighted by Gasteiger charge is -2.25. The molecule has 0 aliphatic carbocycles. The summed E-state index contributed by atoms with van der Waals surface area (Å²) in [5.41, 5.74) is 4.23. The Balaban J connectivity index is 2.14. The number of benzene rings is 1. The lowest BCUT2D eigenvalue weighted by atomic mass is 10.0. The number of rotatable bonds is 3. The van der Waals surface area contributed by atoms with Gasteiger partial charge in [-0.1, -0.05) is 18.2 Å². The normalized spacial score (nSPS) is 19.9. The van der Waals surface area contributed by atoms with Crippen LogP contribution in [0.2, 0.25) is 0 Å². The van der Waals surface area contributed by atoms with E-state index in [1.54, 1.807) is 0 Å². The molecule has 1 aromatic rings. The molecule has 0 bridgehead atoms. The van der Waals surface area contributed by atoms with Crippen LogP contribution in [-0.2, 0) is 4.84 Å². The first kappa shape index (κ1) is 9.49. The van der Waals surface area contributed by atoms with Crippen molar-refractivity contribution in [1.29, 1.82) is 0 Å². The van der Waals surface area contributed by atoms with Gasteiger partial charge in [-0.3, -0.25) is 0 Å². The van der Waals surface area contributed by atoms with Gasteiger partial charge in [0.05, 0.1) is 19.3 Å². The van der Waals surface area contributed by atoms with E-state index in [-0.39, 0.29) is 6.04 Å². The second-order valence-electron chi connectivity index (χ2n) is 3.28. The molecule has 1 heterocycles. The molecule has 1 atom stereocenters. The van der Waals surface area contributed by atoms with Gasteiger partial charge in [0.15, 0.2) is 0 Å². The highest BCUT2D eigenvalue weighted by Crippen LogP contribution is 2.31. The van der Waals surface area contributed by atoms with Crippen molar-refractivity contribution in [3.8, 4) is 5.75 Å². The lowest BCUT2D eigenvalue weighted by Crippen LogP contribution is -2.27. The molecule has 1 N–H and O–H groups in total. The molecule has 0 fully saturated rings. The van der Waals surface area contributed by atoms with Gasteiger partial charge >= 0.3 is 0 Å². The van der Waals surface area contributed by atoms with E-state index in [1.165, 1.54) is 5.56 Å². The summed E-state index contributed by atoms with van der Waals surface area (Å²) in [6.07, 6.45) is 0.955. The minimum absolute atomic E-state index is 0.264. The predicted octanol–water partition coefficient (Wildman–Crippen LogP) is 2.05. The first-order valence-corrected chi connectivity index (χ1v) is 5.01. The average Bonchev–Trinajstić information content (AvgIpc) is 2.26. The highest BCUT2D eigenvalue weighted by Gasteiger charge is 2.20. The van der Waals surface area contributed by atoms with Gasteiger partial charge in [0.25, 0.3) is 0 Å². The molecule has 0 saturated heterocycles. The molecule has 3 heteroatoms. The van der Waals surface area contributed by atoms with Gasteiger partial charge in [-0.15, -0.1) is 0 Å². The van der Waals surface area contributed by atoms with Crippen LogP contribution >= 0.6 is 0 Å². The lowest BCUT2D eigenvalue weighted by molar-refractivity contribution is 0.0135. The van der Waals surface area contributed by atoms with E-state index in [0.717, 1.165) is 18.8 Å². The maximum Gasteiger partial charge on any atom is 0.124 e. The monoisotopic (exact) mass is 193 g/mol. The molecule has 1 aliphatic heterocycles. The topological polar surface area (TPSA) is 30.5 Å². The Labute approximate surface area is 84.0 Å². The minimum atomic E-state index is 0.264. The first-order valence-electron chi connectivity index (χ1n) is 5.01. The van der Waals surface area contributed by atoms with Crippen molar-refractivity contribution in [1.82, 2.24) is 5.48 Å². The molecule has 1 aliphatic rings. The van der Waals surface area contributed by atoms with Crippen LogP contribution in [0.5, 0.6) is 5.75 Å². The third-order valence-corrected chi connectivity index (χ3v) is 2.33. The third kappa shape index (κ3) is 1.89. The molecule has 0 amide bonds. The molecule has 0 aromatic heterocycles. The molecular weight excluding hydrogens is 178 g/mol. The molecule has 0 radical (unpaired) electrons. The average molecular weight is 193 g/mol. The maximum atomic E-state index is 5.54. The van der Waals surface area contributed by atoms with Gasteiger partial charge < -0.3 is 9.57 Å². The Morgan fingerprint density at radius 3 is 3.21 bits per heavy atom. The zero-order chi connectivity index (χ0) is 9.80. The van der Waals surface area contributed by atoms with Crippen LogP contribution in [0.1, 0.15) is 24.9 Å². The van der Waals surface area contributed by atoms with Crippen molar-refractivity contribution >= 4 is 0 Å². The summed E-state index contributed by atoms with van der Waals surface area (Å²) < 4.78 is 5.54. The number of fused-ring (bicyclic) bond motifs is 1. The SMILES string of the molecule is CCONC1CCOc2ccccc21. The van der Waals surface area contributed by atoms with Crippen LogP contribution in [0.15, 0.2) is 24.3 Å². The molecule has 1 unspecified atom stereocenters. The van der Waals surface area contributed by atoms with E-state index in [2.05, 4.69) is 11.5 Å². The highest BCUT2D eigenvalue weighted by molar-refractivity contribution is 5.37. The maximum absolute atomic E-state index is 5.54. The van der Waals surface area contributed by atoms with E-state index in [1.807, 2.05) is 25.1 Å². The van der Waals surface area contributed by atoms with Crippen LogP contribution in [0.25, 0.3) is 0 Å². The summed E-state index contributed by atoms with van der Waals surface area (Å²) in [6, 6.07) is 8.34. The first-order chi connectivity index (χ1) is 6.92. The van der Waals surface area contributed by atoms with Crippen molar-refractivity contribution < 1.29 is 9.57 Å². The van der Waals surface area contributed by atoms with E-state index in [9.17, 15) is 0 Å². The van der Waals surface area contributed by atoms with Crippen molar-refractivity contribution in [2.75, 3.05) is 13.2 Å². The Morgan fingerprint density at radius 1 is 1.50 bits per heavy atom. The molecule has 2 rings (SSSR count). The van der Waals surface area contributed by atoms with Gasteiger partial charge in [-0.25, -0.2) is 0 Å². The molecule has 3 nitrogen and oxygen atoms in total. The number of hydrogen-bond acceptors (Lipinski definition) is 3. The van der Waals surface area contributed by atoms with Crippen LogP contribution < -0.4 is 10.2 Å². The van der Waals surface area contributed by atoms with Crippen molar-refractivity contribution in [3.63, 3.8) is 0 Å². The van der Waals surface area contributed by atoms with Crippen LogP contribution in [0.4, 0.5) is 0 Å². The van der Waals surface area contributed by atoms with E-state index in [4.69, 9.17) is 9.57 Å². The molecule has 0 spiro atoms. The van der Waals surface area contributed by atoms with Gasteiger partial charge in [0.1, 0.15) is 5.75 Å². The zero-order valence-corrected chi connectivity index (χ0v) is 8.32.